The molecular formula is C15H25NO. The van der Waals surface area contributed by atoms with E-state index in [1.807, 2.05) is 0 Å². The van der Waals surface area contributed by atoms with Gasteiger partial charge in [0.25, 0.3) is 0 Å². The molecule has 4 aliphatic carbocycles. The minimum Gasteiger partial charge on any atom is -0.381 e. The third-order valence-corrected chi connectivity index (χ3v) is 6.47. The molecule has 0 aromatic rings. The number of rotatable bonds is 2. The number of nitrogens with two attached hydrogens (primary N) is 1. The number of hydrogen-bond acceptors (Lipinski definition) is 2. The molecule has 0 spiro atoms. The molecule has 1 saturated heterocycles. The molecule has 2 nitrogen and oxygen atoms in total. The highest BCUT2D eigenvalue weighted by atomic mass is 16.5. The normalized spacial score (nSPS) is 56.6. The SMILES string of the molecule is NCC1(C2C3CC4CC(C3)CC2C4)CCOC1. The van der Waals surface area contributed by atoms with Crippen molar-refractivity contribution in [3.63, 3.8) is 0 Å². The van der Waals surface area contributed by atoms with Crippen LogP contribution in [0.25, 0.3) is 0 Å². The molecule has 17 heavy (non-hydrogen) atoms. The van der Waals surface area contributed by atoms with Crippen LogP contribution in [-0.4, -0.2) is 19.8 Å². The second-order valence-corrected chi connectivity index (χ2v) is 7.33. The van der Waals surface area contributed by atoms with E-state index < -0.39 is 0 Å². The summed E-state index contributed by atoms with van der Waals surface area (Å²) >= 11 is 0. The number of ether oxygens (including phenoxy) is 1. The molecule has 1 unspecified atom stereocenters. The fourth-order valence-corrected chi connectivity index (χ4v) is 6.11. The van der Waals surface area contributed by atoms with Crippen LogP contribution in [-0.2, 0) is 4.74 Å². The lowest BCUT2D eigenvalue weighted by molar-refractivity contribution is -0.0953. The van der Waals surface area contributed by atoms with Crippen LogP contribution in [0.2, 0.25) is 0 Å². The molecule has 4 saturated carbocycles. The predicted octanol–water partition coefficient (Wildman–Crippen LogP) is 2.42. The van der Waals surface area contributed by atoms with E-state index >= 15 is 0 Å². The van der Waals surface area contributed by atoms with Gasteiger partial charge in [-0.3, -0.25) is 0 Å². The van der Waals surface area contributed by atoms with Crippen molar-refractivity contribution in [2.45, 2.75) is 38.5 Å². The van der Waals surface area contributed by atoms with Gasteiger partial charge in [0.2, 0.25) is 0 Å². The molecule has 0 aromatic heterocycles. The van der Waals surface area contributed by atoms with Gasteiger partial charge in [-0.15, -0.1) is 0 Å². The van der Waals surface area contributed by atoms with Crippen LogP contribution in [0.15, 0.2) is 0 Å². The van der Waals surface area contributed by atoms with Crippen LogP contribution >= 0.6 is 0 Å². The first-order valence-electron chi connectivity index (χ1n) is 7.58. The summed E-state index contributed by atoms with van der Waals surface area (Å²) < 4.78 is 5.73. The topological polar surface area (TPSA) is 35.2 Å². The van der Waals surface area contributed by atoms with Crippen molar-refractivity contribution in [1.29, 1.82) is 0 Å². The molecule has 5 aliphatic rings. The average Bonchev–Trinajstić information content (AvgIpc) is 2.77. The summed E-state index contributed by atoms with van der Waals surface area (Å²) in [5, 5.41) is 0. The van der Waals surface area contributed by atoms with Gasteiger partial charge in [0.1, 0.15) is 0 Å². The van der Waals surface area contributed by atoms with Gasteiger partial charge in [-0.2, -0.15) is 0 Å². The maximum Gasteiger partial charge on any atom is 0.0538 e. The van der Waals surface area contributed by atoms with E-state index in [2.05, 4.69) is 0 Å². The summed E-state index contributed by atoms with van der Waals surface area (Å²) in [7, 11) is 0. The highest BCUT2D eigenvalue weighted by Gasteiger charge is 2.56. The molecule has 5 fully saturated rings. The van der Waals surface area contributed by atoms with Gasteiger partial charge in [-0.05, 0) is 68.1 Å². The average molecular weight is 235 g/mol. The zero-order valence-electron chi connectivity index (χ0n) is 10.7. The Morgan fingerprint density at radius 2 is 1.65 bits per heavy atom. The van der Waals surface area contributed by atoms with E-state index in [0.29, 0.717) is 5.41 Å². The first kappa shape index (κ1) is 10.8. The molecule has 1 heterocycles. The first-order chi connectivity index (χ1) is 8.31. The zero-order valence-corrected chi connectivity index (χ0v) is 10.7. The molecule has 0 amide bonds. The van der Waals surface area contributed by atoms with Crippen LogP contribution < -0.4 is 5.73 Å². The van der Waals surface area contributed by atoms with Crippen molar-refractivity contribution in [3.8, 4) is 0 Å². The fourth-order valence-electron chi connectivity index (χ4n) is 6.11. The zero-order chi connectivity index (χ0) is 11.5. The van der Waals surface area contributed by atoms with Gasteiger partial charge in [-0.1, -0.05) is 0 Å². The highest BCUT2D eigenvalue weighted by molar-refractivity contribution is 5.05. The van der Waals surface area contributed by atoms with Gasteiger partial charge in [0.05, 0.1) is 6.61 Å². The van der Waals surface area contributed by atoms with E-state index in [9.17, 15) is 0 Å². The molecular weight excluding hydrogens is 210 g/mol. The van der Waals surface area contributed by atoms with Crippen molar-refractivity contribution in [2.24, 2.45) is 40.7 Å². The van der Waals surface area contributed by atoms with Crippen molar-refractivity contribution in [2.75, 3.05) is 19.8 Å². The van der Waals surface area contributed by atoms with Crippen LogP contribution in [0.3, 0.4) is 0 Å². The summed E-state index contributed by atoms with van der Waals surface area (Å²) in [5.41, 5.74) is 6.53. The summed E-state index contributed by atoms with van der Waals surface area (Å²) in [5.74, 6) is 5.05. The Morgan fingerprint density at radius 3 is 2.12 bits per heavy atom. The first-order valence-corrected chi connectivity index (χ1v) is 7.58. The van der Waals surface area contributed by atoms with E-state index in [0.717, 1.165) is 49.3 Å². The van der Waals surface area contributed by atoms with Crippen LogP contribution in [0.5, 0.6) is 0 Å². The van der Waals surface area contributed by atoms with E-state index in [-0.39, 0.29) is 0 Å². The maximum atomic E-state index is 6.17. The van der Waals surface area contributed by atoms with Crippen molar-refractivity contribution in [3.05, 3.63) is 0 Å². The fraction of sp³-hybridized carbons (Fsp3) is 1.00. The Labute approximate surface area is 104 Å². The monoisotopic (exact) mass is 235 g/mol. The smallest absolute Gasteiger partial charge is 0.0538 e. The molecule has 1 aliphatic heterocycles. The second-order valence-electron chi connectivity index (χ2n) is 7.33. The summed E-state index contributed by atoms with van der Waals surface area (Å²) in [6.45, 7) is 2.77. The van der Waals surface area contributed by atoms with Gasteiger partial charge in [-0.25, -0.2) is 0 Å². The molecule has 0 radical (unpaired) electrons. The van der Waals surface area contributed by atoms with E-state index in [1.165, 1.54) is 32.1 Å². The summed E-state index contributed by atoms with van der Waals surface area (Å²) in [4.78, 5) is 0. The van der Waals surface area contributed by atoms with Gasteiger partial charge in [0.15, 0.2) is 0 Å². The number of hydrogen-bond donors (Lipinski definition) is 1. The molecule has 4 bridgehead atoms. The Bertz CT molecular complexity index is 280. The lowest BCUT2D eigenvalue weighted by Crippen LogP contribution is -2.54. The van der Waals surface area contributed by atoms with Crippen molar-refractivity contribution in [1.82, 2.24) is 0 Å². The molecule has 96 valence electrons. The van der Waals surface area contributed by atoms with E-state index in [1.54, 1.807) is 6.42 Å². The minimum absolute atomic E-state index is 0.364. The molecule has 2 heteroatoms. The molecule has 5 rings (SSSR count). The third kappa shape index (κ3) is 1.46. The van der Waals surface area contributed by atoms with Gasteiger partial charge >= 0.3 is 0 Å². The van der Waals surface area contributed by atoms with Crippen LogP contribution in [0, 0.1) is 35.0 Å². The third-order valence-electron chi connectivity index (χ3n) is 6.47. The molecule has 1 atom stereocenters. The Morgan fingerprint density at radius 1 is 1.00 bits per heavy atom. The van der Waals surface area contributed by atoms with Gasteiger partial charge < -0.3 is 10.5 Å². The standard InChI is InChI=1S/C15H25NO/c16-8-15(1-2-17-9-15)14-12-4-10-3-11(6-12)7-13(14)5-10/h10-14H,1-9,16H2. The highest BCUT2D eigenvalue weighted by Crippen LogP contribution is 2.61. The van der Waals surface area contributed by atoms with Crippen LogP contribution in [0.4, 0.5) is 0 Å². The lowest BCUT2D eigenvalue weighted by Gasteiger charge is -2.59. The second kappa shape index (κ2) is 3.71. The largest absolute Gasteiger partial charge is 0.381 e. The van der Waals surface area contributed by atoms with Crippen molar-refractivity contribution >= 4 is 0 Å². The summed E-state index contributed by atoms with van der Waals surface area (Å²) in [6.07, 6.45) is 8.83. The van der Waals surface area contributed by atoms with Gasteiger partial charge in [0, 0.05) is 18.6 Å². The summed E-state index contributed by atoms with van der Waals surface area (Å²) in [6, 6.07) is 0. The van der Waals surface area contributed by atoms with E-state index in [4.69, 9.17) is 10.5 Å². The van der Waals surface area contributed by atoms with Crippen LogP contribution in [0.1, 0.15) is 38.5 Å². The lowest BCUT2D eigenvalue weighted by atomic mass is 9.46. The Kier molecular flexibility index (Phi) is 2.36. The molecule has 0 aromatic carbocycles. The Balaban J connectivity index is 1.65. The Hall–Kier alpha value is -0.0800. The predicted molar refractivity (Wildman–Crippen MR) is 67.5 cm³/mol. The molecule has 2 N–H and O–H groups in total. The minimum atomic E-state index is 0.364. The van der Waals surface area contributed by atoms with Crippen molar-refractivity contribution < 1.29 is 4.74 Å². The maximum absolute atomic E-state index is 6.17. The quantitative estimate of drug-likeness (QED) is 0.798.